The number of carbonyl (C=O) groups is 1. The van der Waals surface area contributed by atoms with Gasteiger partial charge < -0.3 is 16.0 Å². The van der Waals surface area contributed by atoms with E-state index in [1.807, 2.05) is 43.6 Å². The van der Waals surface area contributed by atoms with Gasteiger partial charge in [0.25, 0.3) is 0 Å². The Balaban J connectivity index is 1.37. The molecule has 0 radical (unpaired) electrons. The van der Waals surface area contributed by atoms with Gasteiger partial charge in [0.2, 0.25) is 0 Å². The van der Waals surface area contributed by atoms with Crippen LogP contribution in [0, 0.1) is 0 Å². The Labute approximate surface area is 225 Å². The molecule has 4 aromatic rings. The molecule has 0 saturated carbocycles. The van der Waals surface area contributed by atoms with Crippen LogP contribution in [0.15, 0.2) is 54.7 Å². The zero-order valence-corrected chi connectivity index (χ0v) is 23.3. The minimum Gasteiger partial charge on any atom is -0.355 e. The number of nitrogens with zero attached hydrogens (tertiary/aromatic N) is 4. The first kappa shape index (κ1) is 27.2. The van der Waals surface area contributed by atoms with Crippen molar-refractivity contribution in [3.8, 4) is 0 Å². The van der Waals surface area contributed by atoms with Crippen molar-refractivity contribution in [3.63, 3.8) is 0 Å². The molecule has 0 spiro atoms. The quantitative estimate of drug-likeness (QED) is 0.208. The van der Waals surface area contributed by atoms with Crippen LogP contribution in [-0.4, -0.2) is 38.2 Å². The molecule has 0 bridgehead atoms. The summed E-state index contributed by atoms with van der Waals surface area (Å²) < 4.78 is 3.75. The number of carbonyl (C=O) groups excluding carboxylic acids is 1. The second kappa shape index (κ2) is 11.7. The summed E-state index contributed by atoms with van der Waals surface area (Å²) in [6.07, 6.45) is 2.94. The Morgan fingerprint density at radius 1 is 1.08 bits per heavy atom. The summed E-state index contributed by atoms with van der Waals surface area (Å²) in [6, 6.07) is 16.4. The molecule has 0 fully saturated rings. The highest BCUT2D eigenvalue weighted by Crippen LogP contribution is 2.25. The van der Waals surface area contributed by atoms with Gasteiger partial charge in [0.1, 0.15) is 5.82 Å². The highest BCUT2D eigenvalue weighted by molar-refractivity contribution is 5.88. The van der Waals surface area contributed by atoms with Crippen molar-refractivity contribution < 1.29 is 4.79 Å². The number of nitrogens with one attached hydrogen (secondary N) is 4. The largest absolute Gasteiger partial charge is 0.355 e. The van der Waals surface area contributed by atoms with Crippen LogP contribution < -0.4 is 21.3 Å². The maximum absolute atomic E-state index is 12.6. The normalized spacial score (nSPS) is 11.8. The van der Waals surface area contributed by atoms with Gasteiger partial charge in [-0.2, -0.15) is 10.2 Å². The van der Waals surface area contributed by atoms with Crippen molar-refractivity contribution in [3.05, 3.63) is 66.0 Å². The lowest BCUT2D eigenvalue weighted by molar-refractivity contribution is 0.251. The Morgan fingerprint density at radius 3 is 2.61 bits per heavy atom. The molecular weight excluding hydrogens is 476 g/mol. The monoisotopic (exact) mass is 516 g/mol. The number of hydrogen-bond acceptors (Lipinski definition) is 5. The smallest absolute Gasteiger partial charge is 0.320 e. The van der Waals surface area contributed by atoms with Gasteiger partial charge in [-0.05, 0) is 42.8 Å². The van der Waals surface area contributed by atoms with E-state index in [1.165, 1.54) is 0 Å². The van der Waals surface area contributed by atoms with E-state index in [9.17, 15) is 4.79 Å². The third-order valence-corrected chi connectivity index (χ3v) is 6.37. The van der Waals surface area contributed by atoms with E-state index >= 15 is 0 Å². The van der Waals surface area contributed by atoms with Crippen LogP contribution in [0.2, 0.25) is 0 Å². The lowest BCUT2D eigenvalue weighted by atomic mass is 9.92. The van der Waals surface area contributed by atoms with Crippen molar-refractivity contribution in [1.29, 1.82) is 0 Å². The lowest BCUT2D eigenvalue weighted by Gasteiger charge is -2.14. The number of fused-ring (bicyclic) bond motifs is 1. The predicted molar refractivity (Wildman–Crippen MR) is 155 cm³/mol. The zero-order chi connectivity index (χ0) is 27.3. The molecule has 2 aromatic carbocycles. The predicted octanol–water partition coefficient (Wildman–Crippen LogP) is 5.52. The van der Waals surface area contributed by atoms with Crippen LogP contribution in [0.1, 0.15) is 52.3 Å². The topological polar surface area (TPSA) is 101 Å². The summed E-state index contributed by atoms with van der Waals surface area (Å²) in [6.45, 7) is 12.8. The van der Waals surface area contributed by atoms with Gasteiger partial charge >= 0.3 is 6.03 Å². The zero-order valence-electron chi connectivity index (χ0n) is 23.3. The molecule has 38 heavy (non-hydrogen) atoms. The second-order valence-electron chi connectivity index (χ2n) is 11.0. The fourth-order valence-corrected chi connectivity index (χ4v) is 4.20. The Kier molecular flexibility index (Phi) is 8.36. The van der Waals surface area contributed by atoms with Crippen LogP contribution in [0.25, 0.3) is 10.9 Å². The number of urea groups is 1. The summed E-state index contributed by atoms with van der Waals surface area (Å²) in [7, 11) is 1.83. The van der Waals surface area contributed by atoms with Crippen molar-refractivity contribution in [2.24, 2.45) is 7.05 Å². The van der Waals surface area contributed by atoms with E-state index in [4.69, 9.17) is 0 Å². The van der Waals surface area contributed by atoms with Gasteiger partial charge in [-0.1, -0.05) is 52.8 Å². The van der Waals surface area contributed by atoms with Crippen molar-refractivity contribution in [2.45, 2.75) is 65.6 Å². The van der Waals surface area contributed by atoms with Crippen LogP contribution in [-0.2, 0) is 25.6 Å². The fraction of sp³-hybridized carbons (Fsp3) is 0.414. The van der Waals surface area contributed by atoms with Gasteiger partial charge in [0.05, 0.1) is 17.4 Å². The molecule has 4 N–H and O–H groups in total. The molecule has 9 nitrogen and oxygen atoms in total. The SMILES string of the molecule is CC(C)NCCCn1ncc2cc(Nc3ccccc3CNC(=O)Nc3cc(C(C)(C)C)nn3C)ccc21. The van der Waals surface area contributed by atoms with E-state index in [0.717, 1.165) is 53.0 Å². The summed E-state index contributed by atoms with van der Waals surface area (Å²) >= 11 is 0. The Hall–Kier alpha value is -3.85. The van der Waals surface area contributed by atoms with Gasteiger partial charge in [-0.3, -0.25) is 14.7 Å². The van der Waals surface area contributed by atoms with Gasteiger partial charge in [-0.25, -0.2) is 4.79 Å². The number of aryl methyl sites for hydroxylation is 2. The molecule has 2 heterocycles. The van der Waals surface area contributed by atoms with E-state index in [2.05, 4.69) is 89.0 Å². The highest BCUT2D eigenvalue weighted by Gasteiger charge is 2.19. The van der Waals surface area contributed by atoms with Crippen LogP contribution >= 0.6 is 0 Å². The van der Waals surface area contributed by atoms with E-state index in [1.54, 1.807) is 4.68 Å². The van der Waals surface area contributed by atoms with Crippen LogP contribution in [0.5, 0.6) is 0 Å². The lowest BCUT2D eigenvalue weighted by Crippen LogP contribution is -2.29. The van der Waals surface area contributed by atoms with Crippen molar-refractivity contribution >= 4 is 34.1 Å². The summed E-state index contributed by atoms with van der Waals surface area (Å²) in [5, 5.41) is 23.0. The molecule has 0 aliphatic heterocycles. The maximum atomic E-state index is 12.6. The highest BCUT2D eigenvalue weighted by atomic mass is 16.2. The minimum atomic E-state index is -0.277. The van der Waals surface area contributed by atoms with E-state index in [-0.39, 0.29) is 11.4 Å². The number of amides is 2. The third kappa shape index (κ3) is 6.92. The molecular formula is C29H40N8O. The van der Waals surface area contributed by atoms with Crippen LogP contribution in [0.3, 0.4) is 0 Å². The third-order valence-electron chi connectivity index (χ3n) is 6.37. The minimum absolute atomic E-state index is 0.0919. The maximum Gasteiger partial charge on any atom is 0.320 e. The fourth-order valence-electron chi connectivity index (χ4n) is 4.20. The molecule has 0 unspecified atom stereocenters. The van der Waals surface area contributed by atoms with Crippen molar-refractivity contribution in [2.75, 3.05) is 17.2 Å². The van der Waals surface area contributed by atoms with Gasteiger partial charge in [0, 0.05) is 54.4 Å². The average molecular weight is 517 g/mol. The number of benzene rings is 2. The average Bonchev–Trinajstić information content (AvgIpc) is 3.44. The molecule has 2 aromatic heterocycles. The van der Waals surface area contributed by atoms with E-state index < -0.39 is 0 Å². The molecule has 202 valence electrons. The number of aromatic nitrogens is 4. The summed E-state index contributed by atoms with van der Waals surface area (Å²) in [5.41, 5.74) is 4.85. The molecule has 0 aliphatic rings. The molecule has 2 amide bonds. The molecule has 0 aliphatic carbocycles. The number of para-hydroxylation sites is 1. The second-order valence-corrected chi connectivity index (χ2v) is 11.0. The standard InChI is InChI=1S/C29H40N8O/c1-20(2)30-14-9-15-37-25-13-12-23(16-22(25)19-32-37)33-24-11-8-7-10-21(24)18-31-28(38)34-27-17-26(29(3,4)5)35-36(27)6/h7-8,10-13,16-17,19-20,30,33H,9,14-15,18H2,1-6H3,(H2,31,34,38). The van der Waals surface area contributed by atoms with Gasteiger partial charge in [0.15, 0.2) is 0 Å². The van der Waals surface area contributed by atoms with E-state index in [0.29, 0.717) is 18.4 Å². The molecule has 0 saturated heterocycles. The first-order chi connectivity index (χ1) is 18.1. The summed E-state index contributed by atoms with van der Waals surface area (Å²) in [5.74, 6) is 0.656. The molecule has 4 rings (SSSR count). The Bertz CT molecular complexity index is 1380. The van der Waals surface area contributed by atoms with Crippen molar-refractivity contribution in [1.82, 2.24) is 30.2 Å². The Morgan fingerprint density at radius 2 is 1.87 bits per heavy atom. The molecule has 9 heteroatoms. The van der Waals surface area contributed by atoms with Crippen LogP contribution in [0.4, 0.5) is 22.0 Å². The first-order valence-electron chi connectivity index (χ1n) is 13.2. The summed E-state index contributed by atoms with van der Waals surface area (Å²) in [4.78, 5) is 12.6. The number of rotatable bonds is 10. The molecule has 0 atom stereocenters. The van der Waals surface area contributed by atoms with Gasteiger partial charge in [-0.15, -0.1) is 0 Å². The first-order valence-corrected chi connectivity index (χ1v) is 13.2. The number of anilines is 3. The number of hydrogen-bond donors (Lipinski definition) is 4.